The smallest absolute Gasteiger partial charge is 0.0792 e. The summed E-state index contributed by atoms with van der Waals surface area (Å²) >= 11 is 9.63. The minimum atomic E-state index is 0.720. The Hall–Kier alpha value is -0.670. The molecule has 82 valence electrons. The molecular weight excluding hydrogens is 275 g/mol. The van der Waals surface area contributed by atoms with E-state index in [9.17, 15) is 0 Å². The van der Waals surface area contributed by atoms with E-state index in [1.54, 1.807) is 6.20 Å². The van der Waals surface area contributed by atoms with Crippen LogP contribution in [0.2, 0.25) is 5.02 Å². The number of nitrogens with zero attached hydrogens (tertiary/aromatic N) is 2. The van der Waals surface area contributed by atoms with E-state index in [0.29, 0.717) is 0 Å². The Balaban J connectivity index is 3.39. The fraction of sp³-hybridized carbons (Fsp3) is 0.273. The molecule has 0 saturated carbocycles. The summed E-state index contributed by atoms with van der Waals surface area (Å²) in [5, 5.41) is 0.720. The van der Waals surface area contributed by atoms with Crippen molar-refractivity contribution in [2.75, 3.05) is 30.9 Å². The topological polar surface area (TPSA) is 6.48 Å². The second-order valence-corrected chi connectivity index (χ2v) is 4.77. The average molecular weight is 290 g/mol. The SMILES string of the molecule is C=CN(C)c1cc(Br)cc(Cl)c1N(C)C. The van der Waals surface area contributed by atoms with E-state index in [-0.39, 0.29) is 0 Å². The summed E-state index contributed by atoms with van der Waals surface area (Å²) < 4.78 is 0.960. The molecule has 0 spiro atoms. The fourth-order valence-electron chi connectivity index (χ4n) is 1.36. The van der Waals surface area contributed by atoms with Crippen LogP contribution in [0.3, 0.4) is 0 Å². The molecule has 0 aliphatic carbocycles. The Morgan fingerprint density at radius 3 is 2.40 bits per heavy atom. The predicted molar refractivity (Wildman–Crippen MR) is 72.1 cm³/mol. The maximum Gasteiger partial charge on any atom is 0.0792 e. The van der Waals surface area contributed by atoms with Gasteiger partial charge in [0.1, 0.15) is 0 Å². The van der Waals surface area contributed by atoms with E-state index >= 15 is 0 Å². The van der Waals surface area contributed by atoms with Gasteiger partial charge in [0.25, 0.3) is 0 Å². The van der Waals surface area contributed by atoms with Gasteiger partial charge in [-0.3, -0.25) is 0 Å². The lowest BCUT2D eigenvalue weighted by molar-refractivity contribution is 1.10. The van der Waals surface area contributed by atoms with Gasteiger partial charge in [0, 0.05) is 25.6 Å². The van der Waals surface area contributed by atoms with Gasteiger partial charge >= 0.3 is 0 Å². The molecule has 1 aromatic rings. The fourth-order valence-corrected chi connectivity index (χ4v) is 2.32. The standard InChI is InChI=1S/C11H14BrClN2/c1-5-15(4)10-7-8(12)6-9(13)11(10)14(2)3/h5-7H,1H2,2-4H3. The van der Waals surface area contributed by atoms with Gasteiger partial charge in [0.2, 0.25) is 0 Å². The van der Waals surface area contributed by atoms with Crippen molar-refractivity contribution in [2.24, 2.45) is 0 Å². The van der Waals surface area contributed by atoms with Crippen molar-refractivity contribution in [3.05, 3.63) is 34.4 Å². The van der Waals surface area contributed by atoms with Crippen LogP contribution >= 0.6 is 27.5 Å². The zero-order valence-corrected chi connectivity index (χ0v) is 11.4. The highest BCUT2D eigenvalue weighted by Crippen LogP contribution is 2.37. The van der Waals surface area contributed by atoms with Crippen LogP contribution in [0.4, 0.5) is 11.4 Å². The molecule has 2 nitrogen and oxygen atoms in total. The lowest BCUT2D eigenvalue weighted by Crippen LogP contribution is -2.16. The van der Waals surface area contributed by atoms with Crippen LogP contribution in [0, 0.1) is 0 Å². The summed E-state index contributed by atoms with van der Waals surface area (Å²) in [5.74, 6) is 0. The van der Waals surface area contributed by atoms with Gasteiger partial charge in [-0.25, -0.2) is 0 Å². The van der Waals surface area contributed by atoms with E-state index in [4.69, 9.17) is 11.6 Å². The highest BCUT2D eigenvalue weighted by molar-refractivity contribution is 9.10. The van der Waals surface area contributed by atoms with Crippen molar-refractivity contribution < 1.29 is 0 Å². The molecular formula is C11H14BrClN2. The molecule has 0 bridgehead atoms. The highest BCUT2D eigenvalue weighted by atomic mass is 79.9. The molecule has 0 atom stereocenters. The first-order chi connectivity index (χ1) is 6.97. The summed E-state index contributed by atoms with van der Waals surface area (Å²) in [4.78, 5) is 3.93. The van der Waals surface area contributed by atoms with Crippen molar-refractivity contribution in [3.63, 3.8) is 0 Å². The third-order valence-electron chi connectivity index (χ3n) is 2.11. The summed E-state index contributed by atoms with van der Waals surface area (Å²) in [5.41, 5.74) is 2.01. The summed E-state index contributed by atoms with van der Waals surface area (Å²) in [7, 11) is 5.88. The molecule has 0 saturated heterocycles. The van der Waals surface area contributed by atoms with Crippen molar-refractivity contribution in [2.45, 2.75) is 0 Å². The molecule has 1 rings (SSSR count). The average Bonchev–Trinajstić information content (AvgIpc) is 2.14. The third kappa shape index (κ3) is 2.67. The first-order valence-corrected chi connectivity index (χ1v) is 5.66. The molecule has 0 radical (unpaired) electrons. The molecule has 0 aromatic heterocycles. The number of halogens is 2. The van der Waals surface area contributed by atoms with E-state index in [2.05, 4.69) is 22.5 Å². The minimum Gasteiger partial charge on any atom is -0.375 e. The quantitative estimate of drug-likeness (QED) is 0.836. The van der Waals surface area contributed by atoms with E-state index in [1.807, 2.05) is 43.1 Å². The zero-order chi connectivity index (χ0) is 11.6. The van der Waals surface area contributed by atoms with Crippen LogP contribution in [-0.4, -0.2) is 21.1 Å². The Morgan fingerprint density at radius 1 is 1.33 bits per heavy atom. The molecule has 15 heavy (non-hydrogen) atoms. The largest absolute Gasteiger partial charge is 0.375 e. The maximum absolute atomic E-state index is 6.20. The van der Waals surface area contributed by atoms with Gasteiger partial charge in [0.05, 0.1) is 16.4 Å². The number of hydrogen-bond donors (Lipinski definition) is 0. The number of anilines is 2. The molecule has 1 aromatic carbocycles. The lowest BCUT2D eigenvalue weighted by Gasteiger charge is -2.24. The molecule has 0 aliphatic rings. The molecule has 0 heterocycles. The Morgan fingerprint density at radius 2 is 1.93 bits per heavy atom. The molecule has 0 unspecified atom stereocenters. The molecule has 0 fully saturated rings. The summed E-state index contributed by atoms with van der Waals surface area (Å²) in [6.07, 6.45) is 1.76. The van der Waals surface area contributed by atoms with Crippen LogP contribution < -0.4 is 9.80 Å². The van der Waals surface area contributed by atoms with Crippen molar-refractivity contribution in [1.82, 2.24) is 0 Å². The molecule has 0 aliphatic heterocycles. The first kappa shape index (κ1) is 12.4. The minimum absolute atomic E-state index is 0.720. The monoisotopic (exact) mass is 288 g/mol. The Kier molecular flexibility index (Phi) is 4.05. The van der Waals surface area contributed by atoms with Gasteiger partial charge < -0.3 is 9.80 Å². The number of benzene rings is 1. The second kappa shape index (κ2) is 4.90. The zero-order valence-electron chi connectivity index (χ0n) is 9.09. The normalized spacial score (nSPS) is 9.93. The van der Waals surface area contributed by atoms with E-state index in [1.165, 1.54) is 0 Å². The Bertz CT molecular complexity index is 377. The maximum atomic E-state index is 6.20. The van der Waals surface area contributed by atoms with Crippen LogP contribution in [-0.2, 0) is 0 Å². The van der Waals surface area contributed by atoms with Gasteiger partial charge in [-0.2, -0.15) is 0 Å². The number of rotatable bonds is 3. The molecule has 0 N–H and O–H groups in total. The van der Waals surface area contributed by atoms with Crippen molar-refractivity contribution in [3.8, 4) is 0 Å². The summed E-state index contributed by atoms with van der Waals surface area (Å²) in [6, 6.07) is 3.90. The van der Waals surface area contributed by atoms with Gasteiger partial charge in [-0.1, -0.05) is 34.1 Å². The summed E-state index contributed by atoms with van der Waals surface area (Å²) in [6.45, 7) is 3.75. The lowest BCUT2D eigenvalue weighted by atomic mass is 10.2. The predicted octanol–water partition coefficient (Wildman–Crippen LogP) is 3.75. The molecule has 4 heteroatoms. The van der Waals surface area contributed by atoms with Crippen molar-refractivity contribution >= 4 is 38.9 Å². The Labute approximate surface area is 104 Å². The van der Waals surface area contributed by atoms with Gasteiger partial charge in [-0.05, 0) is 18.3 Å². The highest BCUT2D eigenvalue weighted by Gasteiger charge is 2.12. The second-order valence-electron chi connectivity index (χ2n) is 3.44. The molecule has 0 amide bonds. The van der Waals surface area contributed by atoms with Crippen LogP contribution in [0.5, 0.6) is 0 Å². The van der Waals surface area contributed by atoms with Crippen LogP contribution in [0.15, 0.2) is 29.4 Å². The number of hydrogen-bond acceptors (Lipinski definition) is 2. The van der Waals surface area contributed by atoms with Crippen LogP contribution in [0.25, 0.3) is 0 Å². The third-order valence-corrected chi connectivity index (χ3v) is 2.86. The van der Waals surface area contributed by atoms with Gasteiger partial charge in [-0.15, -0.1) is 0 Å². The van der Waals surface area contributed by atoms with Gasteiger partial charge in [0.15, 0.2) is 0 Å². The first-order valence-electron chi connectivity index (χ1n) is 4.49. The van der Waals surface area contributed by atoms with Crippen LogP contribution in [0.1, 0.15) is 0 Å². The van der Waals surface area contributed by atoms with E-state index in [0.717, 1.165) is 20.9 Å². The van der Waals surface area contributed by atoms with Crippen molar-refractivity contribution in [1.29, 1.82) is 0 Å². The van der Waals surface area contributed by atoms with E-state index < -0.39 is 0 Å².